The Hall–Kier alpha value is -3.44. The number of nitrogens with zero attached hydrogens (tertiary/aromatic N) is 5. The van der Waals surface area contributed by atoms with Crippen LogP contribution in [0.1, 0.15) is 13.0 Å². The second kappa shape index (κ2) is 8.50. The van der Waals surface area contributed by atoms with Crippen LogP contribution in [-0.2, 0) is 9.53 Å². The number of amides is 1. The van der Waals surface area contributed by atoms with E-state index >= 15 is 0 Å². The molecular formula is C16H18F3N7O2. The van der Waals surface area contributed by atoms with Gasteiger partial charge in [-0.25, -0.2) is 4.98 Å². The molecule has 2 heterocycles. The fourth-order valence-corrected chi connectivity index (χ4v) is 2.15. The van der Waals surface area contributed by atoms with E-state index in [0.29, 0.717) is 0 Å². The molecule has 0 saturated heterocycles. The van der Waals surface area contributed by atoms with E-state index in [0.717, 1.165) is 17.8 Å². The number of carbonyl (C=O) groups is 1. The minimum Gasteiger partial charge on any atom is -0.482 e. The van der Waals surface area contributed by atoms with Crippen molar-refractivity contribution < 1.29 is 22.7 Å². The van der Waals surface area contributed by atoms with Gasteiger partial charge in [-0.2, -0.15) is 13.2 Å². The van der Waals surface area contributed by atoms with E-state index in [1.54, 1.807) is 0 Å². The predicted octanol–water partition coefficient (Wildman–Crippen LogP) is 1.92. The van der Waals surface area contributed by atoms with Gasteiger partial charge in [0.05, 0.1) is 7.11 Å². The monoisotopic (exact) mass is 397 g/mol. The molecule has 0 aliphatic heterocycles. The maximum absolute atomic E-state index is 13.0. The average Bonchev–Trinajstić information content (AvgIpc) is 3.13. The van der Waals surface area contributed by atoms with Crippen LogP contribution < -0.4 is 11.1 Å². The van der Waals surface area contributed by atoms with Crippen molar-refractivity contribution in [3.63, 3.8) is 0 Å². The average molecular weight is 397 g/mol. The summed E-state index contributed by atoms with van der Waals surface area (Å²) < 4.78 is 44.8. The van der Waals surface area contributed by atoms with Gasteiger partial charge in [-0.15, -0.1) is 10.2 Å². The Morgan fingerprint density at radius 1 is 1.43 bits per heavy atom. The van der Waals surface area contributed by atoms with Crippen molar-refractivity contribution >= 4 is 17.9 Å². The Kier molecular flexibility index (Phi) is 6.33. The number of alkyl halides is 3. The van der Waals surface area contributed by atoms with Crippen LogP contribution in [-0.4, -0.2) is 52.2 Å². The van der Waals surface area contributed by atoms with Gasteiger partial charge in [0.2, 0.25) is 0 Å². The maximum atomic E-state index is 13.0. The van der Waals surface area contributed by atoms with Gasteiger partial charge >= 0.3 is 6.18 Å². The zero-order valence-corrected chi connectivity index (χ0v) is 15.2. The lowest BCUT2D eigenvalue weighted by Crippen LogP contribution is -2.24. The summed E-state index contributed by atoms with van der Waals surface area (Å²) in [4.78, 5) is 20.2. The molecule has 0 radical (unpaired) electrons. The molecule has 0 bridgehead atoms. The zero-order chi connectivity index (χ0) is 20.9. The number of hydrogen-bond donors (Lipinski definition) is 2. The summed E-state index contributed by atoms with van der Waals surface area (Å²) in [6.45, 7) is 0.979. The highest BCUT2D eigenvalue weighted by molar-refractivity contribution is 6.17. The zero-order valence-electron chi connectivity index (χ0n) is 15.2. The lowest BCUT2D eigenvalue weighted by Gasteiger charge is -2.18. The van der Waals surface area contributed by atoms with E-state index in [1.807, 2.05) is 0 Å². The van der Waals surface area contributed by atoms with Crippen LogP contribution in [0.25, 0.3) is 11.5 Å². The molecule has 2 rings (SSSR count). The molecule has 12 heteroatoms. The molecule has 0 spiro atoms. The predicted molar refractivity (Wildman–Crippen MR) is 95.3 cm³/mol. The number of nitrogens with one attached hydrogen (secondary N) is 1. The third-order valence-corrected chi connectivity index (χ3v) is 3.67. The highest BCUT2D eigenvalue weighted by atomic mass is 19.4. The first-order chi connectivity index (χ1) is 13.2. The molecule has 2 aromatic rings. The summed E-state index contributed by atoms with van der Waals surface area (Å²) in [5.74, 6) is -0.830. The molecule has 2 aromatic heterocycles. The number of halogens is 3. The van der Waals surface area contributed by atoms with Crippen LogP contribution in [0.5, 0.6) is 0 Å². The Labute approximate surface area is 158 Å². The number of methoxy groups -OCH3 is 1. The minimum absolute atomic E-state index is 0.0361. The molecule has 28 heavy (non-hydrogen) atoms. The number of hydrogen-bond acceptors (Lipinski definition) is 7. The highest BCUT2D eigenvalue weighted by Gasteiger charge is 2.38. The van der Waals surface area contributed by atoms with Gasteiger partial charge in [0.1, 0.15) is 29.5 Å². The molecule has 9 nitrogen and oxygen atoms in total. The van der Waals surface area contributed by atoms with E-state index in [4.69, 9.17) is 10.5 Å². The van der Waals surface area contributed by atoms with E-state index in [-0.39, 0.29) is 28.8 Å². The number of anilines is 1. The molecule has 3 N–H and O–H groups in total. The summed E-state index contributed by atoms with van der Waals surface area (Å²) >= 11 is 0. The van der Waals surface area contributed by atoms with Crippen LogP contribution in [0, 0.1) is 0 Å². The Morgan fingerprint density at radius 3 is 2.75 bits per heavy atom. The summed E-state index contributed by atoms with van der Waals surface area (Å²) in [5, 5.41) is 9.74. The van der Waals surface area contributed by atoms with Gasteiger partial charge in [0.25, 0.3) is 5.91 Å². The van der Waals surface area contributed by atoms with Crippen LogP contribution in [0.15, 0.2) is 41.0 Å². The molecule has 0 fully saturated rings. The van der Waals surface area contributed by atoms with Crippen molar-refractivity contribution in [1.29, 1.82) is 0 Å². The molecule has 0 aliphatic carbocycles. The number of pyridine rings is 1. The molecule has 1 atom stereocenters. The fraction of sp³-hybridized carbons (Fsp3) is 0.312. The summed E-state index contributed by atoms with van der Waals surface area (Å²) in [6, 6.07) is 2.56. The summed E-state index contributed by atoms with van der Waals surface area (Å²) in [7, 11) is 2.74. The van der Waals surface area contributed by atoms with E-state index in [9.17, 15) is 18.0 Å². The van der Waals surface area contributed by atoms with Crippen LogP contribution in [0.4, 0.5) is 19.0 Å². The van der Waals surface area contributed by atoms with Gasteiger partial charge in [0.15, 0.2) is 11.7 Å². The van der Waals surface area contributed by atoms with Gasteiger partial charge in [0, 0.05) is 13.3 Å². The number of nitrogens with two attached hydrogens (primary N) is 1. The second-order valence-electron chi connectivity index (χ2n) is 5.51. The molecule has 0 aromatic carbocycles. The SMILES string of the molecule is CN=C/C(C(=O)Nc1cccc(-c2nncn2C(C)C(F)(F)F)n1)=C(\N)OC. The standard InChI is InChI=1S/C16H18F3N7O2/c1-9(16(17,18)19)26-8-22-25-14(26)11-5-4-6-12(23-11)24-15(27)10(7-21-2)13(20)28-3/h4-9H,20H2,1-3H3,(H,23,24,27)/b13-10-,21-7?. The maximum Gasteiger partial charge on any atom is 0.408 e. The number of ether oxygens (including phenoxy) is 1. The number of carbonyl (C=O) groups excluding carboxylic acids is 1. The topological polar surface area (TPSA) is 120 Å². The Morgan fingerprint density at radius 2 is 2.14 bits per heavy atom. The number of rotatable bonds is 6. The fourth-order valence-electron chi connectivity index (χ4n) is 2.15. The van der Waals surface area contributed by atoms with Crippen LogP contribution in [0.3, 0.4) is 0 Å². The lowest BCUT2D eigenvalue weighted by atomic mass is 10.2. The molecular weight excluding hydrogens is 379 g/mol. The Balaban J connectivity index is 2.34. The summed E-state index contributed by atoms with van der Waals surface area (Å²) in [5.41, 5.74) is 5.68. The van der Waals surface area contributed by atoms with E-state index in [2.05, 4.69) is 25.5 Å². The van der Waals surface area contributed by atoms with Crippen LogP contribution >= 0.6 is 0 Å². The quantitative estimate of drug-likeness (QED) is 0.437. The van der Waals surface area contributed by atoms with Crippen molar-refractivity contribution in [3.05, 3.63) is 36.0 Å². The molecule has 0 saturated carbocycles. The first-order valence-corrected chi connectivity index (χ1v) is 7.90. The number of aromatic nitrogens is 4. The van der Waals surface area contributed by atoms with Crippen molar-refractivity contribution in [2.75, 3.05) is 19.5 Å². The first-order valence-electron chi connectivity index (χ1n) is 7.90. The largest absolute Gasteiger partial charge is 0.482 e. The van der Waals surface area contributed by atoms with Crippen molar-refractivity contribution in [2.24, 2.45) is 10.7 Å². The first kappa shape index (κ1) is 20.9. The number of aliphatic imine (C=N–C) groups is 1. The molecule has 0 aliphatic rings. The third kappa shape index (κ3) is 4.64. The highest BCUT2D eigenvalue weighted by Crippen LogP contribution is 2.32. The van der Waals surface area contributed by atoms with Crippen molar-refractivity contribution in [3.8, 4) is 11.5 Å². The Bertz CT molecular complexity index is 906. The van der Waals surface area contributed by atoms with Crippen molar-refractivity contribution in [1.82, 2.24) is 19.7 Å². The normalized spacial score (nSPS) is 13.9. The van der Waals surface area contributed by atoms with Gasteiger partial charge in [-0.1, -0.05) is 6.07 Å². The van der Waals surface area contributed by atoms with Gasteiger partial charge in [-0.3, -0.25) is 9.79 Å². The van der Waals surface area contributed by atoms with E-state index < -0.39 is 18.1 Å². The second-order valence-corrected chi connectivity index (χ2v) is 5.51. The molecule has 1 unspecified atom stereocenters. The lowest BCUT2D eigenvalue weighted by molar-refractivity contribution is -0.162. The smallest absolute Gasteiger partial charge is 0.408 e. The van der Waals surface area contributed by atoms with Gasteiger partial charge < -0.3 is 20.4 Å². The minimum atomic E-state index is -4.49. The summed E-state index contributed by atoms with van der Waals surface area (Å²) in [6.07, 6.45) is -2.31. The van der Waals surface area contributed by atoms with E-state index in [1.165, 1.54) is 38.6 Å². The van der Waals surface area contributed by atoms with Crippen molar-refractivity contribution in [2.45, 2.75) is 19.1 Å². The molecule has 150 valence electrons. The van der Waals surface area contributed by atoms with Gasteiger partial charge in [-0.05, 0) is 19.1 Å². The third-order valence-electron chi connectivity index (χ3n) is 3.67. The van der Waals surface area contributed by atoms with Crippen LogP contribution in [0.2, 0.25) is 0 Å². The molecule has 1 amide bonds.